The van der Waals surface area contributed by atoms with Crippen LogP contribution in [0.4, 0.5) is 0 Å². The van der Waals surface area contributed by atoms with Crippen molar-refractivity contribution in [1.82, 2.24) is 14.8 Å². The van der Waals surface area contributed by atoms with Crippen LogP contribution in [0.3, 0.4) is 0 Å². The third-order valence-electron chi connectivity index (χ3n) is 4.49. The van der Waals surface area contributed by atoms with Crippen LogP contribution in [0.2, 0.25) is 0 Å². The van der Waals surface area contributed by atoms with E-state index in [1.165, 1.54) is 10.8 Å². The average Bonchev–Trinajstić information content (AvgIpc) is 2.98. The van der Waals surface area contributed by atoms with Crippen molar-refractivity contribution in [2.75, 3.05) is 0 Å². The summed E-state index contributed by atoms with van der Waals surface area (Å²) < 4.78 is 1.53. The quantitative estimate of drug-likeness (QED) is 0.628. The average molecular weight is 387 g/mol. The molecule has 0 aliphatic heterocycles. The van der Waals surface area contributed by atoms with Crippen LogP contribution in [0, 0.1) is 0 Å². The first kappa shape index (κ1) is 18.2. The zero-order chi connectivity index (χ0) is 20.4. The second-order valence-electron chi connectivity index (χ2n) is 6.37. The second kappa shape index (κ2) is 7.47. The third kappa shape index (κ3) is 3.53. The van der Waals surface area contributed by atoms with Gasteiger partial charge >= 0.3 is 5.97 Å². The summed E-state index contributed by atoms with van der Waals surface area (Å²) in [6.07, 6.45) is 6.96. The van der Waals surface area contributed by atoms with Gasteiger partial charge in [-0.1, -0.05) is 36.4 Å². The molecule has 0 saturated carbocycles. The number of carbonyl (C=O) groups is 1. The first-order valence-electron chi connectivity index (χ1n) is 8.90. The number of para-hydroxylation sites is 2. The number of rotatable bonds is 4. The number of nitrogens with zero attached hydrogens (tertiary/aromatic N) is 3. The Morgan fingerprint density at radius 3 is 2.21 bits per heavy atom. The highest BCUT2D eigenvalue weighted by atomic mass is 16.4. The lowest BCUT2D eigenvalue weighted by Gasteiger charge is -2.07. The van der Waals surface area contributed by atoms with E-state index in [9.17, 15) is 20.1 Å². The molecule has 4 rings (SSSR count). The molecule has 1 heterocycles. The minimum atomic E-state index is -1.01. The molecule has 7 nitrogen and oxygen atoms in total. The molecule has 3 aromatic rings. The molecule has 0 spiro atoms. The van der Waals surface area contributed by atoms with Crippen LogP contribution in [0.25, 0.3) is 28.5 Å². The fourth-order valence-electron chi connectivity index (χ4n) is 3.04. The van der Waals surface area contributed by atoms with Crippen molar-refractivity contribution >= 4 is 11.7 Å². The lowest BCUT2D eigenvalue weighted by molar-refractivity contribution is -0.132. The monoisotopic (exact) mass is 387 g/mol. The van der Waals surface area contributed by atoms with E-state index in [4.69, 9.17) is 0 Å². The van der Waals surface area contributed by atoms with Gasteiger partial charge in [-0.05, 0) is 42.8 Å². The largest absolute Gasteiger partial charge is 0.507 e. The number of carboxylic acid groups (broad SMARTS) is 1. The highest BCUT2D eigenvalue weighted by molar-refractivity contribution is 5.91. The molecule has 2 aromatic carbocycles. The van der Waals surface area contributed by atoms with E-state index in [1.807, 2.05) is 6.08 Å². The molecule has 0 amide bonds. The standard InChI is InChI=1S/C22H17N3O4/c26-18-10-3-1-8-16(18)20-23-21(17-9-2-4-11-19(17)27)25(24-20)15-7-5-6-14(12-13-15)22(28)29/h1-4,6-13,26-27H,5H2,(H,28,29). The van der Waals surface area contributed by atoms with Gasteiger partial charge in [0, 0.05) is 0 Å². The predicted octanol–water partition coefficient (Wildman–Crippen LogP) is 3.84. The van der Waals surface area contributed by atoms with Gasteiger partial charge < -0.3 is 15.3 Å². The summed E-state index contributed by atoms with van der Waals surface area (Å²) in [5.41, 5.74) is 1.70. The van der Waals surface area contributed by atoms with Gasteiger partial charge in [-0.3, -0.25) is 0 Å². The van der Waals surface area contributed by atoms with E-state index >= 15 is 0 Å². The van der Waals surface area contributed by atoms with Gasteiger partial charge in [0.15, 0.2) is 11.6 Å². The Morgan fingerprint density at radius 2 is 1.55 bits per heavy atom. The summed E-state index contributed by atoms with van der Waals surface area (Å²) >= 11 is 0. The Bertz CT molecular complexity index is 1190. The Morgan fingerprint density at radius 1 is 0.897 bits per heavy atom. The zero-order valence-electron chi connectivity index (χ0n) is 15.2. The Balaban J connectivity index is 1.88. The molecule has 29 heavy (non-hydrogen) atoms. The minimum Gasteiger partial charge on any atom is -0.507 e. The van der Waals surface area contributed by atoms with E-state index in [-0.39, 0.29) is 22.9 Å². The SMILES string of the molecule is O=C(O)C1=CCC=C(n2nc(-c3ccccc3O)nc2-c2ccccc2O)C=C1. The molecule has 0 radical (unpaired) electrons. The number of phenols is 2. The van der Waals surface area contributed by atoms with Gasteiger partial charge in [0.25, 0.3) is 0 Å². The Hall–Kier alpha value is -4.13. The molecule has 1 aromatic heterocycles. The number of aromatic hydroxyl groups is 2. The van der Waals surface area contributed by atoms with Crippen LogP contribution >= 0.6 is 0 Å². The number of carboxylic acids is 1. The van der Waals surface area contributed by atoms with Crippen LogP contribution in [-0.2, 0) is 4.79 Å². The van der Waals surface area contributed by atoms with E-state index in [2.05, 4.69) is 10.1 Å². The maximum absolute atomic E-state index is 11.3. The predicted molar refractivity (Wildman–Crippen MR) is 108 cm³/mol. The van der Waals surface area contributed by atoms with Crippen molar-refractivity contribution in [1.29, 1.82) is 0 Å². The number of phenolic OH excluding ortho intramolecular Hbond substituents is 2. The summed E-state index contributed by atoms with van der Waals surface area (Å²) in [5.74, 6) is -0.283. The van der Waals surface area contributed by atoms with Crippen molar-refractivity contribution in [3.8, 4) is 34.3 Å². The fraction of sp³-hybridized carbons (Fsp3) is 0.0455. The molecular formula is C22H17N3O4. The number of hydrogen-bond donors (Lipinski definition) is 3. The molecule has 0 unspecified atom stereocenters. The summed E-state index contributed by atoms with van der Waals surface area (Å²) in [6, 6.07) is 13.5. The highest BCUT2D eigenvalue weighted by Gasteiger charge is 2.20. The number of allylic oxidation sites excluding steroid dienone is 4. The van der Waals surface area contributed by atoms with Gasteiger partial charge in [-0.2, -0.15) is 0 Å². The minimum absolute atomic E-state index is 0.0348. The normalized spacial score (nSPS) is 13.5. The van der Waals surface area contributed by atoms with E-state index < -0.39 is 5.97 Å². The zero-order valence-corrected chi connectivity index (χ0v) is 15.2. The van der Waals surface area contributed by atoms with Gasteiger partial charge in [0.1, 0.15) is 11.5 Å². The van der Waals surface area contributed by atoms with Gasteiger partial charge in [-0.25, -0.2) is 14.5 Å². The summed E-state index contributed by atoms with van der Waals surface area (Å²) in [6.45, 7) is 0. The summed E-state index contributed by atoms with van der Waals surface area (Å²) in [4.78, 5) is 15.8. The van der Waals surface area contributed by atoms with Crippen molar-refractivity contribution in [2.24, 2.45) is 0 Å². The van der Waals surface area contributed by atoms with E-state index in [0.717, 1.165) is 0 Å². The molecule has 1 aliphatic carbocycles. The molecule has 0 atom stereocenters. The molecule has 0 fully saturated rings. The number of hydrogen-bond acceptors (Lipinski definition) is 5. The van der Waals surface area contributed by atoms with Crippen molar-refractivity contribution < 1.29 is 20.1 Å². The number of benzene rings is 2. The van der Waals surface area contributed by atoms with Gasteiger partial charge in [0.05, 0.1) is 22.4 Å². The third-order valence-corrected chi connectivity index (χ3v) is 4.49. The molecular weight excluding hydrogens is 370 g/mol. The van der Waals surface area contributed by atoms with Crippen molar-refractivity contribution in [3.63, 3.8) is 0 Å². The smallest absolute Gasteiger partial charge is 0.335 e. The molecule has 1 aliphatic rings. The maximum atomic E-state index is 11.3. The lowest BCUT2D eigenvalue weighted by atomic mass is 10.1. The van der Waals surface area contributed by atoms with E-state index in [0.29, 0.717) is 29.1 Å². The van der Waals surface area contributed by atoms with Crippen LogP contribution in [0.15, 0.2) is 78.4 Å². The molecule has 3 N–H and O–H groups in total. The Kier molecular flexibility index (Phi) is 4.70. The van der Waals surface area contributed by atoms with Gasteiger partial charge in [-0.15, -0.1) is 5.10 Å². The summed E-state index contributed by atoms with van der Waals surface area (Å²) in [5, 5.41) is 34.3. The Labute approximate surface area is 166 Å². The highest BCUT2D eigenvalue weighted by Crippen LogP contribution is 2.33. The van der Waals surface area contributed by atoms with Crippen molar-refractivity contribution in [3.05, 3.63) is 78.4 Å². The molecule has 0 saturated heterocycles. The van der Waals surface area contributed by atoms with Crippen LogP contribution in [0.1, 0.15) is 6.42 Å². The van der Waals surface area contributed by atoms with Crippen LogP contribution < -0.4 is 0 Å². The topological polar surface area (TPSA) is 108 Å². The number of aliphatic carboxylic acids is 1. The number of aromatic nitrogens is 3. The summed E-state index contributed by atoms with van der Waals surface area (Å²) in [7, 11) is 0. The molecule has 7 heteroatoms. The first-order valence-corrected chi connectivity index (χ1v) is 8.90. The second-order valence-corrected chi connectivity index (χ2v) is 6.37. The molecule has 144 valence electrons. The van der Waals surface area contributed by atoms with Crippen LogP contribution in [-0.4, -0.2) is 36.1 Å². The van der Waals surface area contributed by atoms with E-state index in [1.54, 1.807) is 60.7 Å². The van der Waals surface area contributed by atoms with Crippen molar-refractivity contribution in [2.45, 2.75) is 6.42 Å². The van der Waals surface area contributed by atoms with Crippen LogP contribution in [0.5, 0.6) is 11.5 Å². The lowest BCUT2D eigenvalue weighted by Crippen LogP contribution is -2.01. The molecule has 0 bridgehead atoms. The first-order chi connectivity index (χ1) is 14.0. The fourth-order valence-corrected chi connectivity index (χ4v) is 3.04. The van der Waals surface area contributed by atoms with Gasteiger partial charge in [0.2, 0.25) is 0 Å². The maximum Gasteiger partial charge on any atom is 0.335 e.